The molecule has 2 N–H and O–H groups in total. The van der Waals surface area contributed by atoms with Gasteiger partial charge in [-0.05, 0) is 68.7 Å². The van der Waals surface area contributed by atoms with Gasteiger partial charge in [0.15, 0.2) is 0 Å². The zero-order valence-electron chi connectivity index (χ0n) is 12.1. The summed E-state index contributed by atoms with van der Waals surface area (Å²) in [6.45, 7) is 7.30. The molecule has 2 heteroatoms. The minimum Gasteiger partial charge on any atom is -0.327 e. The smallest absolute Gasteiger partial charge is 0.0111 e. The predicted molar refractivity (Wildman–Crippen MR) is 76.3 cm³/mol. The first-order valence-corrected chi connectivity index (χ1v) is 8.14. The Hall–Kier alpha value is -0.0800. The van der Waals surface area contributed by atoms with Crippen LogP contribution in [0.25, 0.3) is 0 Å². The molecular weight excluding hydrogens is 220 g/mol. The Bertz CT molecular complexity index is 283. The average molecular weight is 250 g/mol. The molecule has 2 bridgehead atoms. The summed E-state index contributed by atoms with van der Waals surface area (Å²) >= 11 is 0. The number of rotatable bonds is 6. The second-order valence-corrected chi connectivity index (χ2v) is 7.48. The Labute approximate surface area is 112 Å². The largest absolute Gasteiger partial charge is 0.327 e. The van der Waals surface area contributed by atoms with Gasteiger partial charge in [0.05, 0.1) is 0 Å². The fourth-order valence-electron chi connectivity index (χ4n) is 4.28. The Balaban J connectivity index is 1.55. The molecule has 104 valence electrons. The molecule has 4 atom stereocenters. The van der Waals surface area contributed by atoms with E-state index in [1.54, 1.807) is 0 Å². The van der Waals surface area contributed by atoms with E-state index in [1.165, 1.54) is 51.6 Å². The van der Waals surface area contributed by atoms with Crippen LogP contribution < -0.4 is 5.73 Å². The number of nitrogens with two attached hydrogens (primary N) is 1. The molecule has 0 aromatic heterocycles. The first-order valence-electron chi connectivity index (χ1n) is 8.14. The molecule has 0 amide bonds. The third-order valence-corrected chi connectivity index (χ3v) is 5.66. The van der Waals surface area contributed by atoms with Gasteiger partial charge in [-0.15, -0.1) is 0 Å². The van der Waals surface area contributed by atoms with Crippen LogP contribution in [0.1, 0.15) is 52.4 Å². The van der Waals surface area contributed by atoms with Crippen molar-refractivity contribution in [1.29, 1.82) is 0 Å². The van der Waals surface area contributed by atoms with Crippen molar-refractivity contribution in [1.82, 2.24) is 4.90 Å². The molecule has 2 nitrogen and oxygen atoms in total. The first-order chi connectivity index (χ1) is 8.65. The van der Waals surface area contributed by atoms with Gasteiger partial charge in [-0.25, -0.2) is 0 Å². The molecule has 4 unspecified atom stereocenters. The Morgan fingerprint density at radius 1 is 1.11 bits per heavy atom. The Morgan fingerprint density at radius 2 is 1.83 bits per heavy atom. The molecule has 0 aliphatic heterocycles. The van der Waals surface area contributed by atoms with E-state index >= 15 is 0 Å². The standard InChI is InChI=1S/C16H30N2/c1-11(2)7-8-18(14-5-6-14)10-15-12-3-4-13(9-12)16(15)17/h11-16H,3-10,17H2,1-2H3. The van der Waals surface area contributed by atoms with Crippen LogP contribution in [0.2, 0.25) is 0 Å². The molecule has 0 aromatic carbocycles. The van der Waals surface area contributed by atoms with Crippen LogP contribution in [0.3, 0.4) is 0 Å². The molecule has 0 heterocycles. The third-order valence-electron chi connectivity index (χ3n) is 5.66. The summed E-state index contributed by atoms with van der Waals surface area (Å²) in [5.74, 6) is 3.48. The fraction of sp³-hybridized carbons (Fsp3) is 1.00. The molecule has 0 saturated heterocycles. The van der Waals surface area contributed by atoms with Crippen molar-refractivity contribution < 1.29 is 0 Å². The Morgan fingerprint density at radius 3 is 2.39 bits per heavy atom. The van der Waals surface area contributed by atoms with Crippen LogP contribution in [-0.4, -0.2) is 30.1 Å². The summed E-state index contributed by atoms with van der Waals surface area (Å²) in [6.07, 6.45) is 8.55. The SMILES string of the molecule is CC(C)CCN(CC1C2CCC(C2)C1N)C1CC1. The van der Waals surface area contributed by atoms with Gasteiger partial charge in [0.2, 0.25) is 0 Å². The molecular formula is C16H30N2. The number of nitrogens with zero attached hydrogens (tertiary/aromatic N) is 1. The molecule has 3 saturated carbocycles. The van der Waals surface area contributed by atoms with Crippen molar-refractivity contribution in [3.63, 3.8) is 0 Å². The van der Waals surface area contributed by atoms with Crippen LogP contribution >= 0.6 is 0 Å². The van der Waals surface area contributed by atoms with E-state index in [2.05, 4.69) is 18.7 Å². The third kappa shape index (κ3) is 2.60. The lowest BCUT2D eigenvalue weighted by molar-refractivity contribution is 0.161. The minimum atomic E-state index is 0.518. The maximum Gasteiger partial charge on any atom is 0.0111 e. The number of hydrogen-bond acceptors (Lipinski definition) is 2. The number of hydrogen-bond donors (Lipinski definition) is 1. The van der Waals surface area contributed by atoms with Crippen molar-refractivity contribution in [2.24, 2.45) is 29.4 Å². The highest BCUT2D eigenvalue weighted by atomic mass is 15.2. The van der Waals surface area contributed by atoms with E-state index < -0.39 is 0 Å². The van der Waals surface area contributed by atoms with E-state index in [1.807, 2.05) is 0 Å². The highest BCUT2D eigenvalue weighted by Crippen LogP contribution is 2.48. The molecule has 0 aromatic rings. The van der Waals surface area contributed by atoms with Gasteiger partial charge in [0.1, 0.15) is 0 Å². The predicted octanol–water partition coefficient (Wildman–Crippen LogP) is 2.87. The summed E-state index contributed by atoms with van der Waals surface area (Å²) in [4.78, 5) is 2.78. The van der Waals surface area contributed by atoms with E-state index in [-0.39, 0.29) is 0 Å². The molecule has 0 spiro atoms. The van der Waals surface area contributed by atoms with Crippen LogP contribution in [0.5, 0.6) is 0 Å². The van der Waals surface area contributed by atoms with Crippen molar-refractivity contribution in [2.45, 2.75) is 64.5 Å². The second-order valence-electron chi connectivity index (χ2n) is 7.48. The van der Waals surface area contributed by atoms with Gasteiger partial charge < -0.3 is 10.6 Å². The summed E-state index contributed by atoms with van der Waals surface area (Å²) in [5.41, 5.74) is 6.46. The van der Waals surface area contributed by atoms with E-state index in [0.29, 0.717) is 6.04 Å². The maximum atomic E-state index is 6.46. The van der Waals surface area contributed by atoms with Crippen LogP contribution in [0, 0.1) is 23.7 Å². The summed E-state index contributed by atoms with van der Waals surface area (Å²) < 4.78 is 0. The molecule has 3 rings (SSSR count). The van der Waals surface area contributed by atoms with E-state index in [9.17, 15) is 0 Å². The highest BCUT2D eigenvalue weighted by Gasteiger charge is 2.46. The Kier molecular flexibility index (Phi) is 3.68. The molecule has 3 fully saturated rings. The monoisotopic (exact) mass is 250 g/mol. The van der Waals surface area contributed by atoms with E-state index in [4.69, 9.17) is 5.73 Å². The van der Waals surface area contributed by atoms with Gasteiger partial charge in [0, 0.05) is 18.6 Å². The minimum absolute atomic E-state index is 0.518. The van der Waals surface area contributed by atoms with Crippen molar-refractivity contribution in [2.75, 3.05) is 13.1 Å². The van der Waals surface area contributed by atoms with Gasteiger partial charge >= 0.3 is 0 Å². The maximum absolute atomic E-state index is 6.46. The first kappa shape index (κ1) is 12.9. The molecule has 3 aliphatic rings. The van der Waals surface area contributed by atoms with Gasteiger partial charge in [-0.2, -0.15) is 0 Å². The average Bonchev–Trinajstić information content (AvgIpc) is 2.99. The summed E-state index contributed by atoms with van der Waals surface area (Å²) in [6, 6.07) is 1.43. The van der Waals surface area contributed by atoms with Crippen molar-refractivity contribution in [3.8, 4) is 0 Å². The lowest BCUT2D eigenvalue weighted by atomic mass is 9.84. The van der Waals surface area contributed by atoms with Gasteiger partial charge in [0.25, 0.3) is 0 Å². The molecule has 3 aliphatic carbocycles. The topological polar surface area (TPSA) is 29.3 Å². The van der Waals surface area contributed by atoms with E-state index in [0.717, 1.165) is 29.7 Å². The van der Waals surface area contributed by atoms with Crippen LogP contribution in [-0.2, 0) is 0 Å². The summed E-state index contributed by atoms with van der Waals surface area (Å²) in [7, 11) is 0. The van der Waals surface area contributed by atoms with Crippen LogP contribution in [0.15, 0.2) is 0 Å². The van der Waals surface area contributed by atoms with Gasteiger partial charge in [-0.1, -0.05) is 13.8 Å². The highest BCUT2D eigenvalue weighted by molar-refractivity contribution is 5.01. The number of fused-ring (bicyclic) bond motifs is 2. The lowest BCUT2D eigenvalue weighted by Gasteiger charge is -2.34. The zero-order chi connectivity index (χ0) is 12.7. The molecule has 18 heavy (non-hydrogen) atoms. The lowest BCUT2D eigenvalue weighted by Crippen LogP contribution is -2.44. The summed E-state index contributed by atoms with van der Waals surface area (Å²) in [5, 5.41) is 0. The second kappa shape index (κ2) is 5.13. The zero-order valence-corrected chi connectivity index (χ0v) is 12.1. The van der Waals surface area contributed by atoms with Crippen LogP contribution in [0.4, 0.5) is 0 Å². The van der Waals surface area contributed by atoms with Gasteiger partial charge in [-0.3, -0.25) is 0 Å². The fourth-order valence-corrected chi connectivity index (χ4v) is 4.28. The normalized spacial score (nSPS) is 39.2. The van der Waals surface area contributed by atoms with Crippen molar-refractivity contribution >= 4 is 0 Å². The quantitative estimate of drug-likeness (QED) is 0.785. The molecule has 0 radical (unpaired) electrons. The van der Waals surface area contributed by atoms with Crippen molar-refractivity contribution in [3.05, 3.63) is 0 Å².